The van der Waals surface area contributed by atoms with E-state index in [4.69, 9.17) is 4.74 Å². The van der Waals surface area contributed by atoms with Crippen LogP contribution in [0.15, 0.2) is 23.1 Å². The number of rotatable bonds is 9. The Hall–Kier alpha value is -0.510. The highest BCUT2D eigenvalue weighted by atomic mass is 32.2. The molecule has 2 nitrogen and oxygen atoms in total. The minimum absolute atomic E-state index is 0.613. The minimum atomic E-state index is 0.613. The molecule has 1 N–H and O–H groups in total. The molecule has 0 saturated heterocycles. The van der Waals surface area contributed by atoms with Crippen LogP contribution in [0.3, 0.4) is 0 Å². The van der Waals surface area contributed by atoms with Crippen molar-refractivity contribution in [3.05, 3.63) is 29.3 Å². The van der Waals surface area contributed by atoms with Crippen LogP contribution in [0.25, 0.3) is 0 Å². The molecule has 3 heteroatoms. The summed E-state index contributed by atoms with van der Waals surface area (Å²) in [6.07, 6.45) is 4.98. The van der Waals surface area contributed by atoms with Gasteiger partial charge < -0.3 is 10.1 Å². The quantitative estimate of drug-likeness (QED) is 0.554. The lowest BCUT2D eigenvalue weighted by Gasteiger charge is -2.13. The predicted octanol–water partition coefficient (Wildman–Crippen LogP) is 3.67. The molecule has 1 aliphatic rings. The molecule has 1 unspecified atom stereocenters. The average molecular weight is 293 g/mol. The molecule has 0 fully saturated rings. The van der Waals surface area contributed by atoms with Gasteiger partial charge >= 0.3 is 0 Å². The standard InChI is InChI=1S/C17H27NOS/c1-3-19-11-5-10-18-13-14(2)20-17-9-8-15-6-4-7-16(15)12-17/h8-9,12,14,18H,3-7,10-11,13H2,1-2H3. The second-order valence-corrected chi connectivity index (χ2v) is 6.98. The van der Waals surface area contributed by atoms with Gasteiger partial charge in [-0.1, -0.05) is 13.0 Å². The van der Waals surface area contributed by atoms with Gasteiger partial charge in [0.15, 0.2) is 0 Å². The van der Waals surface area contributed by atoms with Crippen LogP contribution in [0, 0.1) is 0 Å². The average Bonchev–Trinajstić information content (AvgIpc) is 2.90. The number of hydrogen-bond acceptors (Lipinski definition) is 3. The van der Waals surface area contributed by atoms with Gasteiger partial charge in [-0.15, -0.1) is 11.8 Å². The number of aryl methyl sites for hydroxylation is 2. The molecule has 0 aromatic heterocycles. The van der Waals surface area contributed by atoms with Crippen molar-refractivity contribution in [2.75, 3.05) is 26.3 Å². The van der Waals surface area contributed by atoms with E-state index in [-0.39, 0.29) is 0 Å². The van der Waals surface area contributed by atoms with E-state index in [1.54, 1.807) is 11.1 Å². The molecule has 0 heterocycles. The fourth-order valence-corrected chi connectivity index (χ4v) is 3.67. The molecule has 0 radical (unpaired) electrons. The van der Waals surface area contributed by atoms with E-state index in [0.29, 0.717) is 5.25 Å². The zero-order valence-electron chi connectivity index (χ0n) is 12.8. The Morgan fingerprint density at radius 2 is 2.15 bits per heavy atom. The van der Waals surface area contributed by atoms with E-state index in [1.165, 1.54) is 24.2 Å². The molecule has 1 aromatic rings. The van der Waals surface area contributed by atoms with Crippen molar-refractivity contribution in [3.63, 3.8) is 0 Å². The summed E-state index contributed by atoms with van der Waals surface area (Å²) in [5, 5.41) is 4.13. The van der Waals surface area contributed by atoms with Crippen LogP contribution in [0.2, 0.25) is 0 Å². The van der Waals surface area contributed by atoms with E-state index in [2.05, 4.69) is 30.4 Å². The zero-order valence-corrected chi connectivity index (χ0v) is 13.6. The van der Waals surface area contributed by atoms with Gasteiger partial charge in [-0.05, 0) is 62.4 Å². The summed E-state index contributed by atoms with van der Waals surface area (Å²) in [5.74, 6) is 0. The Bertz CT molecular complexity index is 408. The number of hydrogen-bond donors (Lipinski definition) is 1. The third-order valence-corrected chi connectivity index (χ3v) is 4.78. The highest BCUT2D eigenvalue weighted by molar-refractivity contribution is 8.00. The summed E-state index contributed by atoms with van der Waals surface area (Å²) in [7, 11) is 0. The molecule has 0 aliphatic heterocycles. The molecule has 2 rings (SSSR count). The molecular formula is C17H27NOS. The van der Waals surface area contributed by atoms with Crippen LogP contribution in [0.4, 0.5) is 0 Å². The summed E-state index contributed by atoms with van der Waals surface area (Å²) in [6, 6.07) is 7.02. The number of nitrogens with one attached hydrogen (secondary N) is 1. The van der Waals surface area contributed by atoms with E-state index in [9.17, 15) is 0 Å². The normalized spacial score (nSPS) is 15.3. The maximum absolute atomic E-state index is 5.33. The topological polar surface area (TPSA) is 21.3 Å². The lowest BCUT2D eigenvalue weighted by molar-refractivity contribution is 0.145. The smallest absolute Gasteiger partial charge is 0.0477 e. The van der Waals surface area contributed by atoms with Crippen LogP contribution in [-0.4, -0.2) is 31.6 Å². The first-order chi connectivity index (χ1) is 9.79. The maximum Gasteiger partial charge on any atom is 0.0477 e. The number of benzene rings is 1. The zero-order chi connectivity index (χ0) is 14.2. The number of thioether (sulfide) groups is 1. The van der Waals surface area contributed by atoms with Gasteiger partial charge in [0, 0.05) is 29.9 Å². The van der Waals surface area contributed by atoms with E-state index in [1.807, 2.05) is 18.7 Å². The Morgan fingerprint density at radius 3 is 3.00 bits per heavy atom. The van der Waals surface area contributed by atoms with Crippen LogP contribution in [0.5, 0.6) is 0 Å². The first-order valence-electron chi connectivity index (χ1n) is 7.86. The van der Waals surface area contributed by atoms with Crippen LogP contribution < -0.4 is 5.32 Å². The van der Waals surface area contributed by atoms with E-state index < -0.39 is 0 Å². The molecule has 20 heavy (non-hydrogen) atoms. The third-order valence-electron chi connectivity index (χ3n) is 3.69. The second kappa shape index (κ2) is 8.71. The highest BCUT2D eigenvalue weighted by Crippen LogP contribution is 2.29. The van der Waals surface area contributed by atoms with Crippen LogP contribution >= 0.6 is 11.8 Å². The summed E-state index contributed by atoms with van der Waals surface area (Å²) in [5.41, 5.74) is 3.14. The van der Waals surface area contributed by atoms with Gasteiger partial charge in [-0.3, -0.25) is 0 Å². The summed E-state index contributed by atoms with van der Waals surface area (Å²) < 4.78 is 5.33. The van der Waals surface area contributed by atoms with Gasteiger partial charge in [0.25, 0.3) is 0 Å². The van der Waals surface area contributed by atoms with Gasteiger partial charge in [-0.2, -0.15) is 0 Å². The fraction of sp³-hybridized carbons (Fsp3) is 0.647. The molecule has 0 saturated carbocycles. The Balaban J connectivity index is 1.65. The number of fused-ring (bicyclic) bond motifs is 1. The molecule has 0 spiro atoms. The minimum Gasteiger partial charge on any atom is -0.382 e. The Kier molecular flexibility index (Phi) is 6.91. The highest BCUT2D eigenvalue weighted by Gasteiger charge is 2.12. The van der Waals surface area contributed by atoms with Gasteiger partial charge in [0.1, 0.15) is 0 Å². The van der Waals surface area contributed by atoms with E-state index >= 15 is 0 Å². The lowest BCUT2D eigenvalue weighted by Crippen LogP contribution is -2.24. The van der Waals surface area contributed by atoms with Crippen molar-refractivity contribution in [3.8, 4) is 0 Å². The van der Waals surface area contributed by atoms with Crippen molar-refractivity contribution in [2.45, 2.75) is 49.7 Å². The molecule has 0 amide bonds. The summed E-state index contributed by atoms with van der Waals surface area (Å²) in [6.45, 7) is 8.15. The molecule has 1 atom stereocenters. The van der Waals surface area contributed by atoms with Gasteiger partial charge in [0.2, 0.25) is 0 Å². The predicted molar refractivity (Wildman–Crippen MR) is 87.8 cm³/mol. The molecule has 0 bridgehead atoms. The van der Waals surface area contributed by atoms with Crippen molar-refractivity contribution in [1.29, 1.82) is 0 Å². The first kappa shape index (κ1) is 15.9. The monoisotopic (exact) mass is 293 g/mol. The fourth-order valence-electron chi connectivity index (χ4n) is 2.64. The summed E-state index contributed by atoms with van der Waals surface area (Å²) in [4.78, 5) is 1.43. The molecule has 1 aromatic carbocycles. The van der Waals surface area contributed by atoms with Crippen molar-refractivity contribution >= 4 is 11.8 Å². The van der Waals surface area contributed by atoms with Gasteiger partial charge in [-0.25, -0.2) is 0 Å². The lowest BCUT2D eigenvalue weighted by atomic mass is 10.1. The molecular weight excluding hydrogens is 266 g/mol. The van der Waals surface area contributed by atoms with Crippen molar-refractivity contribution in [1.82, 2.24) is 5.32 Å². The maximum atomic E-state index is 5.33. The largest absolute Gasteiger partial charge is 0.382 e. The first-order valence-corrected chi connectivity index (χ1v) is 8.74. The number of ether oxygens (including phenoxy) is 1. The Morgan fingerprint density at radius 1 is 1.30 bits per heavy atom. The molecule has 1 aliphatic carbocycles. The van der Waals surface area contributed by atoms with Crippen LogP contribution in [-0.2, 0) is 17.6 Å². The van der Waals surface area contributed by atoms with E-state index in [0.717, 1.165) is 32.7 Å². The second-order valence-electron chi connectivity index (χ2n) is 5.47. The van der Waals surface area contributed by atoms with Crippen LogP contribution in [0.1, 0.15) is 37.8 Å². The third kappa shape index (κ3) is 5.12. The molecule has 112 valence electrons. The van der Waals surface area contributed by atoms with Crippen molar-refractivity contribution < 1.29 is 4.74 Å². The van der Waals surface area contributed by atoms with Crippen molar-refractivity contribution in [2.24, 2.45) is 0 Å². The SMILES string of the molecule is CCOCCCNCC(C)Sc1ccc2c(c1)CCC2. The summed E-state index contributed by atoms with van der Waals surface area (Å²) >= 11 is 1.98. The van der Waals surface area contributed by atoms with Gasteiger partial charge in [0.05, 0.1) is 0 Å². The Labute approximate surface area is 127 Å².